The Labute approximate surface area is 171 Å². The van der Waals surface area contributed by atoms with Crippen LogP contribution in [0.25, 0.3) is 0 Å². The van der Waals surface area contributed by atoms with E-state index in [1.54, 1.807) is 17.2 Å². The molecule has 1 aromatic heterocycles. The lowest BCUT2D eigenvalue weighted by Gasteiger charge is -2.32. The van der Waals surface area contributed by atoms with Crippen molar-refractivity contribution in [3.8, 4) is 0 Å². The zero-order valence-corrected chi connectivity index (χ0v) is 17.0. The lowest BCUT2D eigenvalue weighted by atomic mass is 9.89. The number of carbonyl (C=O) groups is 2. The first-order valence-electron chi connectivity index (χ1n) is 10.0. The molecule has 29 heavy (non-hydrogen) atoms. The van der Waals surface area contributed by atoms with E-state index < -0.39 is 6.04 Å². The van der Waals surface area contributed by atoms with Crippen LogP contribution in [-0.4, -0.2) is 33.8 Å². The molecule has 0 spiro atoms. The van der Waals surface area contributed by atoms with E-state index in [1.807, 2.05) is 42.5 Å². The predicted octanol–water partition coefficient (Wildman–Crippen LogP) is 3.89. The minimum atomic E-state index is -0.567. The van der Waals surface area contributed by atoms with Gasteiger partial charge in [0.25, 0.3) is 5.91 Å². The fraction of sp³-hybridized carbons (Fsp3) is 0.375. The summed E-state index contributed by atoms with van der Waals surface area (Å²) in [6.07, 6.45) is 6.35. The van der Waals surface area contributed by atoms with E-state index in [4.69, 9.17) is 4.74 Å². The molecule has 0 radical (unpaired) electrons. The van der Waals surface area contributed by atoms with Crippen LogP contribution in [0.2, 0.25) is 0 Å². The molecule has 1 amide bonds. The van der Waals surface area contributed by atoms with Crippen molar-refractivity contribution in [3.63, 3.8) is 0 Å². The van der Waals surface area contributed by atoms with Gasteiger partial charge in [0.2, 0.25) is 0 Å². The molecule has 0 bridgehead atoms. The molecule has 1 fully saturated rings. The van der Waals surface area contributed by atoms with Gasteiger partial charge < -0.3 is 9.64 Å². The third-order valence-corrected chi connectivity index (χ3v) is 5.65. The quantitative estimate of drug-likeness (QED) is 0.587. The van der Waals surface area contributed by atoms with Gasteiger partial charge in [0.15, 0.2) is 0 Å². The van der Waals surface area contributed by atoms with Gasteiger partial charge in [-0.1, -0.05) is 63.3 Å². The number of rotatable bonds is 4. The van der Waals surface area contributed by atoms with Crippen LogP contribution in [0.15, 0.2) is 60.8 Å². The van der Waals surface area contributed by atoms with Crippen LogP contribution in [0.3, 0.4) is 0 Å². The summed E-state index contributed by atoms with van der Waals surface area (Å²) >= 11 is 0. The van der Waals surface area contributed by atoms with Crippen molar-refractivity contribution < 1.29 is 14.3 Å². The van der Waals surface area contributed by atoms with Gasteiger partial charge in [0.05, 0.1) is 6.04 Å². The van der Waals surface area contributed by atoms with Crippen molar-refractivity contribution in [1.29, 1.82) is 0 Å². The maximum atomic E-state index is 13.4. The second kappa shape index (κ2) is 7.47. The Balaban J connectivity index is 1.53. The molecule has 1 aromatic carbocycles. The lowest BCUT2D eigenvalue weighted by Crippen LogP contribution is -2.46. The standard InChI is InChI=1S/C24H26N2O3/c1-24(2,3)21-14-18(11-12-25-21)22(27)26-19-10-9-17(19)13-20(26)23(28)29-15-16-7-5-4-6-8-16/h4-12,14,17,19-20H,13,15H2,1-3H3/t17-,19-,20-/m1/s1. The number of aromatic nitrogens is 1. The average molecular weight is 390 g/mol. The summed E-state index contributed by atoms with van der Waals surface area (Å²) in [6.45, 7) is 6.40. The molecule has 2 heterocycles. The van der Waals surface area contributed by atoms with Crippen LogP contribution in [-0.2, 0) is 21.6 Å². The topological polar surface area (TPSA) is 59.5 Å². The molecule has 1 aliphatic carbocycles. The number of likely N-dealkylation sites (tertiary alicyclic amines) is 1. The van der Waals surface area contributed by atoms with E-state index in [0.29, 0.717) is 12.0 Å². The lowest BCUT2D eigenvalue weighted by molar-refractivity contribution is -0.149. The number of amides is 1. The highest BCUT2D eigenvalue weighted by Gasteiger charge is 2.49. The first-order valence-corrected chi connectivity index (χ1v) is 10.0. The van der Waals surface area contributed by atoms with E-state index in [0.717, 1.165) is 11.3 Å². The van der Waals surface area contributed by atoms with Gasteiger partial charge in [0, 0.05) is 28.8 Å². The van der Waals surface area contributed by atoms with Crippen molar-refractivity contribution in [2.24, 2.45) is 5.92 Å². The number of pyridine rings is 1. The van der Waals surface area contributed by atoms with Gasteiger partial charge in [-0.2, -0.15) is 0 Å². The van der Waals surface area contributed by atoms with Crippen LogP contribution in [0.4, 0.5) is 0 Å². The Morgan fingerprint density at radius 3 is 2.55 bits per heavy atom. The molecular weight excluding hydrogens is 364 g/mol. The van der Waals surface area contributed by atoms with E-state index in [1.165, 1.54) is 0 Å². The smallest absolute Gasteiger partial charge is 0.329 e. The van der Waals surface area contributed by atoms with Crippen molar-refractivity contribution >= 4 is 11.9 Å². The number of hydrogen-bond acceptors (Lipinski definition) is 4. The molecule has 1 saturated heterocycles. The third-order valence-electron chi connectivity index (χ3n) is 5.65. The Morgan fingerprint density at radius 2 is 1.90 bits per heavy atom. The fourth-order valence-electron chi connectivity index (χ4n) is 3.90. The molecule has 5 nitrogen and oxygen atoms in total. The van der Waals surface area contributed by atoms with Gasteiger partial charge >= 0.3 is 5.97 Å². The van der Waals surface area contributed by atoms with E-state index >= 15 is 0 Å². The minimum absolute atomic E-state index is 0.0389. The van der Waals surface area contributed by atoms with Gasteiger partial charge in [0.1, 0.15) is 12.6 Å². The number of benzene rings is 1. The van der Waals surface area contributed by atoms with Gasteiger partial charge in [-0.25, -0.2) is 4.79 Å². The van der Waals surface area contributed by atoms with Crippen LogP contribution < -0.4 is 0 Å². The molecule has 2 aliphatic rings. The fourth-order valence-corrected chi connectivity index (χ4v) is 3.90. The highest BCUT2D eigenvalue weighted by Crippen LogP contribution is 2.39. The summed E-state index contributed by atoms with van der Waals surface area (Å²) < 4.78 is 5.56. The zero-order valence-electron chi connectivity index (χ0n) is 17.0. The normalized spacial score (nSPS) is 22.7. The van der Waals surface area contributed by atoms with Crippen LogP contribution in [0, 0.1) is 5.92 Å². The number of carbonyl (C=O) groups excluding carboxylic acids is 2. The maximum Gasteiger partial charge on any atom is 0.329 e. The minimum Gasteiger partial charge on any atom is -0.459 e. The van der Waals surface area contributed by atoms with Crippen molar-refractivity contribution in [2.75, 3.05) is 0 Å². The van der Waals surface area contributed by atoms with Crippen molar-refractivity contribution in [2.45, 2.75) is 51.3 Å². The maximum absolute atomic E-state index is 13.4. The van der Waals surface area contributed by atoms with Crippen molar-refractivity contribution in [3.05, 3.63) is 77.6 Å². The molecule has 0 unspecified atom stereocenters. The first-order chi connectivity index (χ1) is 13.8. The third kappa shape index (κ3) is 3.82. The van der Waals surface area contributed by atoms with Crippen LogP contribution >= 0.6 is 0 Å². The monoisotopic (exact) mass is 390 g/mol. The number of ether oxygens (including phenoxy) is 1. The summed E-state index contributed by atoms with van der Waals surface area (Å²) in [5.74, 6) is -0.267. The van der Waals surface area contributed by atoms with E-state index in [-0.39, 0.29) is 35.9 Å². The molecule has 1 aliphatic heterocycles. The number of esters is 1. The highest BCUT2D eigenvalue weighted by atomic mass is 16.5. The molecule has 5 heteroatoms. The molecule has 3 atom stereocenters. The number of fused-ring (bicyclic) bond motifs is 1. The number of nitrogens with zero attached hydrogens (tertiary/aromatic N) is 2. The average Bonchev–Trinajstić information content (AvgIpc) is 2.96. The van der Waals surface area contributed by atoms with Crippen LogP contribution in [0.5, 0.6) is 0 Å². The molecular formula is C24H26N2O3. The van der Waals surface area contributed by atoms with Crippen LogP contribution in [0.1, 0.15) is 48.8 Å². The summed E-state index contributed by atoms with van der Waals surface area (Å²) in [5, 5.41) is 0. The SMILES string of the molecule is CC(C)(C)c1cc(C(=O)N2[C@@H](C(=O)OCc3ccccc3)C[C@H]3C=C[C@H]32)ccn1. The Kier molecular flexibility index (Phi) is 4.99. The molecule has 2 aromatic rings. The molecule has 4 rings (SSSR count). The van der Waals surface area contributed by atoms with E-state index in [9.17, 15) is 9.59 Å². The second-order valence-electron chi connectivity index (χ2n) is 8.78. The molecule has 150 valence electrons. The number of hydrogen-bond donors (Lipinski definition) is 0. The Hall–Kier alpha value is -2.95. The largest absolute Gasteiger partial charge is 0.459 e. The summed E-state index contributed by atoms with van der Waals surface area (Å²) in [4.78, 5) is 32.3. The summed E-state index contributed by atoms with van der Waals surface area (Å²) in [5.41, 5.74) is 2.19. The molecule has 0 N–H and O–H groups in total. The zero-order chi connectivity index (χ0) is 20.6. The second-order valence-corrected chi connectivity index (χ2v) is 8.78. The highest BCUT2D eigenvalue weighted by molar-refractivity contribution is 5.98. The van der Waals surface area contributed by atoms with Crippen molar-refractivity contribution in [1.82, 2.24) is 9.88 Å². The van der Waals surface area contributed by atoms with E-state index in [2.05, 4.69) is 31.8 Å². The Morgan fingerprint density at radius 1 is 1.14 bits per heavy atom. The Bertz CT molecular complexity index is 946. The molecule has 0 saturated carbocycles. The first kappa shape index (κ1) is 19.4. The van der Waals surface area contributed by atoms with Gasteiger partial charge in [-0.3, -0.25) is 9.78 Å². The predicted molar refractivity (Wildman–Crippen MR) is 110 cm³/mol. The van der Waals surface area contributed by atoms with Gasteiger partial charge in [-0.05, 0) is 24.1 Å². The summed E-state index contributed by atoms with van der Waals surface area (Å²) in [7, 11) is 0. The van der Waals surface area contributed by atoms with Gasteiger partial charge in [-0.15, -0.1) is 0 Å². The summed E-state index contributed by atoms with van der Waals surface area (Å²) in [6, 6.07) is 12.5.